The molecule has 40 heavy (non-hydrogen) atoms. The predicted octanol–water partition coefficient (Wildman–Crippen LogP) is 6.10. The van der Waals surface area contributed by atoms with Gasteiger partial charge >= 0.3 is 5.97 Å². The lowest BCUT2D eigenvalue weighted by Crippen LogP contribution is -2.41. The molecule has 0 spiro atoms. The molecule has 1 aliphatic heterocycles. The number of nitrogens with zero attached hydrogens (tertiary/aromatic N) is 2. The molecule has 216 valence electrons. The van der Waals surface area contributed by atoms with E-state index in [-0.39, 0.29) is 31.4 Å². The maximum Gasteiger partial charge on any atom is 0.303 e. The number of carbonyl (C=O) groups is 1. The first-order chi connectivity index (χ1) is 19.1. The standard InChI is InChI=1S/C30H35F4N3O3/c1-40-22-4-5-26-23(15-22)28(20(17-35)18-36-26)24(32)6-7-30(16-27(38)39)8-11-37(12-9-30)10-2-3-19-13-21(31)14-25(33)29(19)34/h4-5,13-15,18,24H,2-3,6-12,16-17,35H2,1H3,(H,38,39)/t24-/m1/s1. The number of hydrogen-bond donors (Lipinski definition) is 2. The molecule has 0 unspecified atom stereocenters. The van der Waals surface area contributed by atoms with E-state index in [1.807, 2.05) is 0 Å². The summed E-state index contributed by atoms with van der Waals surface area (Å²) in [5.74, 6) is -3.38. The number of piperidine rings is 1. The van der Waals surface area contributed by atoms with Crippen molar-refractivity contribution in [2.24, 2.45) is 11.1 Å². The smallest absolute Gasteiger partial charge is 0.303 e. The minimum Gasteiger partial charge on any atom is -0.497 e. The molecule has 0 amide bonds. The van der Waals surface area contributed by atoms with Crippen LogP contribution in [0.15, 0.2) is 36.5 Å². The number of hydrogen-bond acceptors (Lipinski definition) is 5. The Labute approximate surface area is 231 Å². The van der Waals surface area contributed by atoms with E-state index in [1.54, 1.807) is 24.4 Å². The maximum absolute atomic E-state index is 15.9. The number of benzene rings is 2. The Morgan fingerprint density at radius 2 is 1.93 bits per heavy atom. The van der Waals surface area contributed by atoms with Gasteiger partial charge in [0.05, 0.1) is 19.0 Å². The Hall–Kier alpha value is -3.24. The van der Waals surface area contributed by atoms with Gasteiger partial charge in [0.2, 0.25) is 0 Å². The van der Waals surface area contributed by atoms with Crippen molar-refractivity contribution in [2.75, 3.05) is 26.7 Å². The van der Waals surface area contributed by atoms with Gasteiger partial charge in [0.25, 0.3) is 0 Å². The number of fused-ring (bicyclic) bond motifs is 1. The third-order valence-corrected chi connectivity index (χ3v) is 8.09. The number of likely N-dealkylation sites (tertiary alicyclic amines) is 1. The number of rotatable bonds is 12. The molecule has 1 saturated heterocycles. The van der Waals surface area contributed by atoms with Gasteiger partial charge in [-0.1, -0.05) is 0 Å². The second-order valence-corrected chi connectivity index (χ2v) is 10.7. The first-order valence-electron chi connectivity index (χ1n) is 13.5. The zero-order valence-corrected chi connectivity index (χ0v) is 22.6. The van der Waals surface area contributed by atoms with E-state index in [9.17, 15) is 23.1 Å². The minimum absolute atomic E-state index is 0.00169. The molecule has 10 heteroatoms. The third-order valence-electron chi connectivity index (χ3n) is 8.09. The first-order valence-corrected chi connectivity index (χ1v) is 13.5. The van der Waals surface area contributed by atoms with Crippen LogP contribution < -0.4 is 10.5 Å². The summed E-state index contributed by atoms with van der Waals surface area (Å²) >= 11 is 0. The van der Waals surface area contributed by atoms with Gasteiger partial charge in [0, 0.05) is 29.8 Å². The van der Waals surface area contributed by atoms with E-state index in [2.05, 4.69) is 9.88 Å². The average molecular weight is 562 g/mol. The summed E-state index contributed by atoms with van der Waals surface area (Å²) in [6, 6.07) is 6.82. The molecule has 1 aromatic heterocycles. The van der Waals surface area contributed by atoms with Gasteiger partial charge in [-0.2, -0.15) is 0 Å². The quantitative estimate of drug-likeness (QED) is 0.205. The number of methoxy groups -OCH3 is 1. The fourth-order valence-electron chi connectivity index (χ4n) is 5.84. The van der Waals surface area contributed by atoms with Crippen molar-refractivity contribution >= 4 is 16.9 Å². The number of aromatic nitrogens is 1. The summed E-state index contributed by atoms with van der Waals surface area (Å²) < 4.78 is 62.2. The van der Waals surface area contributed by atoms with Gasteiger partial charge < -0.3 is 20.5 Å². The van der Waals surface area contributed by atoms with Crippen LogP contribution in [0.1, 0.15) is 61.4 Å². The van der Waals surface area contributed by atoms with E-state index in [1.165, 1.54) is 7.11 Å². The molecule has 4 rings (SSSR count). The highest BCUT2D eigenvalue weighted by atomic mass is 19.2. The molecule has 1 atom stereocenters. The highest BCUT2D eigenvalue weighted by Gasteiger charge is 2.37. The van der Waals surface area contributed by atoms with Crippen LogP contribution in [0.25, 0.3) is 10.9 Å². The Bertz CT molecular complexity index is 1340. The van der Waals surface area contributed by atoms with Gasteiger partial charge in [-0.15, -0.1) is 0 Å². The number of halogens is 4. The second kappa shape index (κ2) is 13.0. The van der Waals surface area contributed by atoms with Gasteiger partial charge in [0.1, 0.15) is 17.7 Å². The zero-order valence-electron chi connectivity index (χ0n) is 22.6. The van der Waals surface area contributed by atoms with Crippen LogP contribution in [-0.2, 0) is 17.8 Å². The van der Waals surface area contributed by atoms with Crippen LogP contribution in [0.2, 0.25) is 0 Å². The van der Waals surface area contributed by atoms with Crippen molar-refractivity contribution in [1.29, 1.82) is 0 Å². The van der Waals surface area contributed by atoms with E-state index in [0.29, 0.717) is 79.2 Å². The predicted molar refractivity (Wildman–Crippen MR) is 144 cm³/mol. The van der Waals surface area contributed by atoms with Crippen molar-refractivity contribution < 1.29 is 32.2 Å². The van der Waals surface area contributed by atoms with Crippen molar-refractivity contribution in [3.63, 3.8) is 0 Å². The van der Waals surface area contributed by atoms with Crippen LogP contribution in [0.3, 0.4) is 0 Å². The highest BCUT2D eigenvalue weighted by Crippen LogP contribution is 2.43. The Kier molecular flexibility index (Phi) is 9.63. The van der Waals surface area contributed by atoms with Crippen LogP contribution in [0.4, 0.5) is 17.6 Å². The summed E-state index contributed by atoms with van der Waals surface area (Å²) in [6.45, 7) is 1.91. The molecule has 1 fully saturated rings. The number of alkyl halides is 1. The van der Waals surface area contributed by atoms with E-state index >= 15 is 4.39 Å². The van der Waals surface area contributed by atoms with Gasteiger partial charge in [-0.05, 0) is 99.0 Å². The number of carboxylic acids is 1. The molecular formula is C30H35F4N3O3. The summed E-state index contributed by atoms with van der Waals surface area (Å²) in [4.78, 5) is 18.3. The summed E-state index contributed by atoms with van der Waals surface area (Å²) in [5, 5.41) is 10.3. The molecular weight excluding hydrogens is 526 g/mol. The molecule has 2 aromatic carbocycles. The molecule has 1 aliphatic rings. The molecule has 0 bridgehead atoms. The summed E-state index contributed by atoms with van der Waals surface area (Å²) in [5.41, 5.74) is 7.06. The number of pyridine rings is 1. The number of ether oxygens (including phenoxy) is 1. The summed E-state index contributed by atoms with van der Waals surface area (Å²) in [6.07, 6.45) is 2.53. The zero-order chi connectivity index (χ0) is 28.9. The van der Waals surface area contributed by atoms with Gasteiger partial charge in [0.15, 0.2) is 11.6 Å². The molecule has 3 aromatic rings. The van der Waals surface area contributed by atoms with E-state index in [0.717, 1.165) is 6.07 Å². The van der Waals surface area contributed by atoms with Crippen molar-refractivity contribution in [2.45, 2.75) is 57.7 Å². The fraction of sp³-hybridized carbons (Fsp3) is 0.467. The SMILES string of the molecule is COc1ccc2ncc(CN)c([C@H](F)CCC3(CC(=O)O)CCN(CCCc4cc(F)cc(F)c4F)CC3)c2c1. The molecule has 3 N–H and O–H groups in total. The number of aliphatic carboxylic acids is 1. The monoisotopic (exact) mass is 561 g/mol. The number of aryl methyl sites for hydroxylation is 1. The fourth-order valence-corrected chi connectivity index (χ4v) is 5.84. The van der Waals surface area contributed by atoms with Gasteiger partial charge in [-0.3, -0.25) is 9.78 Å². The highest BCUT2D eigenvalue weighted by molar-refractivity contribution is 5.85. The van der Waals surface area contributed by atoms with Crippen molar-refractivity contribution in [3.8, 4) is 5.75 Å². The van der Waals surface area contributed by atoms with Gasteiger partial charge in [-0.25, -0.2) is 17.6 Å². The Morgan fingerprint density at radius 3 is 2.60 bits per heavy atom. The molecule has 0 radical (unpaired) electrons. The number of nitrogens with two attached hydrogens (primary N) is 1. The van der Waals surface area contributed by atoms with E-state index < -0.39 is 35.0 Å². The minimum atomic E-state index is -1.36. The third kappa shape index (κ3) is 6.90. The normalized spacial score (nSPS) is 16.2. The number of carboxylic acid groups (broad SMARTS) is 1. The molecule has 2 heterocycles. The maximum atomic E-state index is 15.9. The lowest BCUT2D eigenvalue weighted by molar-refractivity contribution is -0.141. The molecule has 6 nitrogen and oxygen atoms in total. The average Bonchev–Trinajstić information content (AvgIpc) is 2.94. The topological polar surface area (TPSA) is 88.7 Å². The Morgan fingerprint density at radius 1 is 1.18 bits per heavy atom. The van der Waals surface area contributed by atoms with Crippen LogP contribution in [0.5, 0.6) is 5.75 Å². The largest absolute Gasteiger partial charge is 0.497 e. The first kappa shape index (κ1) is 29.7. The van der Waals surface area contributed by atoms with Crippen molar-refractivity contribution in [3.05, 3.63) is 70.7 Å². The lowest BCUT2D eigenvalue weighted by atomic mass is 9.71. The van der Waals surface area contributed by atoms with Crippen molar-refractivity contribution in [1.82, 2.24) is 9.88 Å². The summed E-state index contributed by atoms with van der Waals surface area (Å²) in [7, 11) is 1.54. The Balaban J connectivity index is 1.41. The van der Waals surface area contributed by atoms with E-state index in [4.69, 9.17) is 10.5 Å². The van der Waals surface area contributed by atoms with Crippen LogP contribution in [0, 0.1) is 22.9 Å². The molecule has 0 aliphatic carbocycles. The van der Waals surface area contributed by atoms with Crippen LogP contribution >= 0.6 is 0 Å². The second-order valence-electron chi connectivity index (χ2n) is 10.7. The van der Waals surface area contributed by atoms with Crippen LogP contribution in [-0.4, -0.2) is 47.7 Å². The lowest BCUT2D eigenvalue weighted by Gasteiger charge is -2.41. The molecule has 0 saturated carbocycles.